The van der Waals surface area contributed by atoms with Crippen LogP contribution in [0.1, 0.15) is 46.0 Å². The Morgan fingerprint density at radius 3 is 2.36 bits per heavy atom. The fourth-order valence-electron chi connectivity index (χ4n) is 6.38. The summed E-state index contributed by atoms with van der Waals surface area (Å²) >= 11 is 0. The Balaban J connectivity index is 1.49. The second kappa shape index (κ2) is 13.5. The first-order valence-corrected chi connectivity index (χ1v) is 16.3. The lowest BCUT2D eigenvalue weighted by Gasteiger charge is -2.40. The molecule has 44 heavy (non-hydrogen) atoms. The van der Waals surface area contributed by atoms with Gasteiger partial charge >= 0.3 is 0 Å². The molecule has 2 fully saturated rings. The number of rotatable bonds is 6. The highest BCUT2D eigenvalue weighted by Crippen LogP contribution is 2.33. The minimum Gasteiger partial charge on any atom is -0.381 e. The van der Waals surface area contributed by atoms with Gasteiger partial charge in [-0.2, -0.15) is 5.26 Å². The Hall–Kier alpha value is -4.32. The quantitative estimate of drug-likeness (QED) is 0.289. The summed E-state index contributed by atoms with van der Waals surface area (Å²) in [5.74, 6) is 2.68. The number of nitriles is 1. The van der Waals surface area contributed by atoms with E-state index in [1.54, 1.807) is 9.80 Å². The number of amides is 1. The molecule has 0 unspecified atom stereocenters. The number of piperidine rings is 1. The third kappa shape index (κ3) is 6.75. The molecule has 2 saturated heterocycles. The van der Waals surface area contributed by atoms with Crippen LogP contribution in [0.3, 0.4) is 0 Å². The minimum absolute atomic E-state index is 0.0560. The first kappa shape index (κ1) is 32.6. The third-order valence-corrected chi connectivity index (χ3v) is 9.52. The summed E-state index contributed by atoms with van der Waals surface area (Å²) in [5.41, 5.74) is 6.25. The lowest BCUT2D eigenvalue weighted by Crippen LogP contribution is -2.52. The zero-order valence-corrected chi connectivity index (χ0v) is 26.9. The van der Waals surface area contributed by atoms with Crippen molar-refractivity contribution < 1.29 is 13.2 Å². The van der Waals surface area contributed by atoms with Crippen molar-refractivity contribution in [1.29, 1.82) is 5.26 Å². The number of terminal acetylenes is 1. The Morgan fingerprint density at radius 2 is 1.77 bits per heavy atom. The van der Waals surface area contributed by atoms with E-state index in [0.29, 0.717) is 43.2 Å². The van der Waals surface area contributed by atoms with E-state index in [0.717, 1.165) is 53.7 Å². The van der Waals surface area contributed by atoms with Crippen LogP contribution < -0.4 is 15.4 Å². The average Bonchev–Trinajstić information content (AvgIpc) is 2.99. The molecule has 4 rings (SSSR count). The highest BCUT2D eigenvalue weighted by Gasteiger charge is 2.32. The Bertz CT molecular complexity index is 1680. The predicted octanol–water partition coefficient (Wildman–Crippen LogP) is 3.40. The van der Waals surface area contributed by atoms with Crippen molar-refractivity contribution in [3.63, 3.8) is 0 Å². The molecule has 0 aromatic heterocycles. The van der Waals surface area contributed by atoms with Crippen molar-refractivity contribution in [3.05, 3.63) is 69.1 Å². The van der Waals surface area contributed by atoms with Gasteiger partial charge in [-0.1, -0.05) is 31.0 Å². The maximum absolute atomic E-state index is 13.9. The molecule has 232 valence electrons. The first-order chi connectivity index (χ1) is 20.9. The number of nitrogens with zero attached hydrogens (tertiary/aromatic N) is 5. The van der Waals surface area contributed by atoms with Gasteiger partial charge in [0.1, 0.15) is 16.8 Å². The van der Waals surface area contributed by atoms with E-state index in [4.69, 9.17) is 11.6 Å². The van der Waals surface area contributed by atoms with Crippen LogP contribution in [0.25, 0.3) is 0 Å². The number of aryl methyl sites for hydroxylation is 2. The number of primary sulfonamides is 1. The first-order valence-electron chi connectivity index (χ1n) is 14.7. The van der Waals surface area contributed by atoms with Crippen molar-refractivity contribution in [2.75, 3.05) is 56.5 Å². The van der Waals surface area contributed by atoms with E-state index in [1.807, 2.05) is 38.1 Å². The number of carbonyl (C=O) groups is 1. The summed E-state index contributed by atoms with van der Waals surface area (Å²) in [7, 11) is -2.58. The van der Waals surface area contributed by atoms with Crippen LogP contribution in [0.2, 0.25) is 0 Å². The molecule has 2 aromatic carbocycles. The Kier molecular flexibility index (Phi) is 10.0. The standard InChI is InChI=1S/C33H41N7O3S/c1-7-10-29(44(35,42)43)32(36-6)38-15-17-39(18-16-38)33(41)30-22(2)19-23(3)31(25(30)5)37-27-13-14-40(21-24(27)4)28-12-9-8-11-26(28)20-34/h1,8-12,19,24,27,37H,13-18,21H2,2-6H3,(H2,35,42,43)/b29-10+,36-32?/t24-,27-/m1/s1. The second-order valence-corrected chi connectivity index (χ2v) is 13.1. The zero-order chi connectivity index (χ0) is 32.2. The third-order valence-electron chi connectivity index (χ3n) is 8.61. The molecule has 10 nitrogen and oxygen atoms in total. The summed E-state index contributed by atoms with van der Waals surface area (Å²) in [5, 5.41) is 18.7. The van der Waals surface area contributed by atoms with Gasteiger partial charge < -0.3 is 20.0 Å². The smallest absolute Gasteiger partial charge is 0.254 e. The van der Waals surface area contributed by atoms with Crippen LogP contribution in [0.4, 0.5) is 11.4 Å². The van der Waals surface area contributed by atoms with E-state index in [-0.39, 0.29) is 22.7 Å². The SMILES string of the molecule is C#C/C=C(\C(=NC)N1CCN(C(=O)c2c(C)cc(C)c(N[C@@H]3CCN(c4ccccc4C#N)C[C@H]3C)c2C)CC1)S(N)(=O)=O. The van der Waals surface area contributed by atoms with Gasteiger partial charge in [0.15, 0.2) is 0 Å². The Labute approximate surface area is 261 Å². The van der Waals surface area contributed by atoms with Crippen LogP contribution in [0.15, 0.2) is 46.3 Å². The highest BCUT2D eigenvalue weighted by atomic mass is 32.2. The number of piperazine rings is 1. The highest BCUT2D eigenvalue weighted by molar-refractivity contribution is 7.94. The number of sulfonamides is 1. The molecule has 0 saturated carbocycles. The second-order valence-electron chi connectivity index (χ2n) is 11.5. The molecule has 0 radical (unpaired) electrons. The van der Waals surface area contributed by atoms with Crippen molar-refractivity contribution in [2.24, 2.45) is 16.0 Å². The molecule has 0 spiro atoms. The van der Waals surface area contributed by atoms with Gasteiger partial charge in [0.25, 0.3) is 5.91 Å². The molecule has 3 N–H and O–H groups in total. The molecular weight excluding hydrogens is 574 g/mol. The summed E-state index contributed by atoms with van der Waals surface area (Å²) in [6, 6.07) is 12.3. The molecule has 0 aliphatic carbocycles. The number of carbonyl (C=O) groups excluding carboxylic acids is 1. The fraction of sp³-hybridized carbons (Fsp3) is 0.424. The van der Waals surface area contributed by atoms with Crippen LogP contribution in [-0.4, -0.2) is 82.3 Å². The van der Waals surface area contributed by atoms with E-state index in [9.17, 15) is 18.5 Å². The minimum atomic E-state index is -4.07. The number of hydrogen-bond donors (Lipinski definition) is 2. The van der Waals surface area contributed by atoms with Crippen LogP contribution in [-0.2, 0) is 10.0 Å². The van der Waals surface area contributed by atoms with E-state index >= 15 is 0 Å². The molecular formula is C33H41N7O3S. The molecule has 2 aromatic rings. The number of benzene rings is 2. The van der Waals surface area contributed by atoms with Gasteiger partial charge in [-0.05, 0) is 61.9 Å². The summed E-state index contributed by atoms with van der Waals surface area (Å²) < 4.78 is 24.3. The molecule has 2 aliphatic heterocycles. The van der Waals surface area contributed by atoms with Gasteiger partial charge in [0.05, 0.1) is 11.3 Å². The lowest BCUT2D eigenvalue weighted by molar-refractivity contribution is 0.0690. The molecule has 0 bridgehead atoms. The predicted molar refractivity (Wildman–Crippen MR) is 176 cm³/mol. The van der Waals surface area contributed by atoms with Gasteiger partial charge in [-0.3, -0.25) is 9.79 Å². The van der Waals surface area contributed by atoms with Gasteiger partial charge in [-0.15, -0.1) is 6.42 Å². The Morgan fingerprint density at radius 1 is 1.11 bits per heavy atom. The number of para-hydroxylation sites is 1. The van der Waals surface area contributed by atoms with E-state index in [1.165, 1.54) is 7.05 Å². The largest absolute Gasteiger partial charge is 0.381 e. The number of nitrogens with two attached hydrogens (primary N) is 1. The van der Waals surface area contributed by atoms with E-state index in [2.05, 4.69) is 47.1 Å². The van der Waals surface area contributed by atoms with Crippen LogP contribution in [0.5, 0.6) is 0 Å². The number of allylic oxidation sites excluding steroid dienone is 1. The normalized spacial score (nSPS) is 19.8. The monoisotopic (exact) mass is 615 g/mol. The summed E-state index contributed by atoms with van der Waals surface area (Å²) in [6.07, 6.45) is 7.35. The fourth-order valence-corrected chi connectivity index (χ4v) is 7.09. The summed E-state index contributed by atoms with van der Waals surface area (Å²) in [4.78, 5) is 23.8. The topological polar surface area (TPSA) is 135 Å². The number of hydrogen-bond acceptors (Lipinski definition) is 7. The maximum Gasteiger partial charge on any atom is 0.254 e. The lowest BCUT2D eigenvalue weighted by atomic mass is 9.90. The van der Waals surface area contributed by atoms with Crippen molar-refractivity contribution in [2.45, 2.75) is 40.2 Å². The zero-order valence-electron chi connectivity index (χ0n) is 26.1. The van der Waals surface area contributed by atoms with E-state index < -0.39 is 10.0 Å². The molecule has 11 heteroatoms. The van der Waals surface area contributed by atoms with Crippen LogP contribution >= 0.6 is 0 Å². The van der Waals surface area contributed by atoms with Gasteiger partial charge in [-0.25, -0.2) is 13.6 Å². The van der Waals surface area contributed by atoms with Crippen molar-refractivity contribution in [1.82, 2.24) is 9.80 Å². The van der Waals surface area contributed by atoms with Gasteiger partial charge in [0.2, 0.25) is 10.0 Å². The molecule has 1 amide bonds. The summed E-state index contributed by atoms with van der Waals surface area (Å²) in [6.45, 7) is 11.4. The number of amidine groups is 1. The van der Waals surface area contributed by atoms with Crippen LogP contribution in [0, 0.1) is 50.4 Å². The maximum atomic E-state index is 13.9. The number of aliphatic imine (C=N–C) groups is 1. The van der Waals surface area contributed by atoms with Crippen molar-refractivity contribution in [3.8, 4) is 18.4 Å². The molecule has 2 heterocycles. The average molecular weight is 616 g/mol. The molecule has 2 atom stereocenters. The number of anilines is 2. The number of nitrogens with one attached hydrogen (secondary N) is 1. The van der Waals surface area contributed by atoms with Crippen molar-refractivity contribution >= 4 is 33.1 Å². The molecule has 2 aliphatic rings. The van der Waals surface area contributed by atoms with Gasteiger partial charge in [0, 0.05) is 69.7 Å².